The molecule has 1 N–H and O–H groups in total. The van der Waals surface area contributed by atoms with Gasteiger partial charge in [-0.3, -0.25) is 14.5 Å². The van der Waals surface area contributed by atoms with Gasteiger partial charge in [-0.2, -0.15) is 4.72 Å². The Hall–Kier alpha value is -1.97. The average Bonchev–Trinajstić information content (AvgIpc) is 3.14. The summed E-state index contributed by atoms with van der Waals surface area (Å²) in [5.74, 6) is -0.179. The van der Waals surface area contributed by atoms with Crippen molar-refractivity contribution in [3.63, 3.8) is 0 Å². The summed E-state index contributed by atoms with van der Waals surface area (Å²) in [7, 11) is -3.48. The van der Waals surface area contributed by atoms with Gasteiger partial charge in [-0.15, -0.1) is 0 Å². The highest BCUT2D eigenvalue weighted by Gasteiger charge is 2.49. The van der Waals surface area contributed by atoms with E-state index in [4.69, 9.17) is 4.74 Å². The monoisotopic (exact) mass is 505 g/mol. The van der Waals surface area contributed by atoms with Crippen LogP contribution in [0.3, 0.4) is 0 Å². The number of ether oxygens (including phenoxy) is 1. The Balaban J connectivity index is 1.35. The molecule has 0 saturated carbocycles. The molecular formula is C26H39N3O5S. The first kappa shape index (κ1) is 26.1. The molecule has 194 valence electrons. The van der Waals surface area contributed by atoms with Crippen molar-refractivity contribution in [2.75, 3.05) is 32.8 Å². The van der Waals surface area contributed by atoms with Crippen LogP contribution in [-0.2, 0) is 24.3 Å². The van der Waals surface area contributed by atoms with Crippen molar-refractivity contribution in [1.29, 1.82) is 0 Å². The van der Waals surface area contributed by atoms with Crippen LogP contribution in [-0.4, -0.2) is 69.0 Å². The molecule has 3 unspecified atom stereocenters. The zero-order chi connectivity index (χ0) is 25.2. The normalized spacial score (nSPS) is 28.2. The fourth-order valence-corrected chi connectivity index (χ4v) is 8.09. The third-order valence-electron chi connectivity index (χ3n) is 7.99. The molecule has 3 fully saturated rings. The number of piperidine rings is 2. The topological polar surface area (TPSA) is 96.0 Å². The van der Waals surface area contributed by atoms with Gasteiger partial charge in [-0.05, 0) is 51.5 Å². The lowest BCUT2D eigenvalue weighted by molar-refractivity contribution is -0.152. The number of nitrogens with zero attached hydrogens (tertiary/aromatic N) is 2. The number of esters is 1. The molecule has 3 atom stereocenters. The summed E-state index contributed by atoms with van der Waals surface area (Å²) >= 11 is 0. The van der Waals surface area contributed by atoms with Crippen molar-refractivity contribution in [2.45, 2.75) is 64.3 Å². The molecule has 1 aromatic rings. The quantitative estimate of drug-likeness (QED) is 0.598. The van der Waals surface area contributed by atoms with E-state index in [0.717, 1.165) is 30.4 Å². The molecular weight excluding hydrogens is 466 g/mol. The zero-order valence-electron chi connectivity index (χ0n) is 21.1. The standard InChI is InChI=1S/C26H39N3O5S/c1-4-22-23(19-8-6-18(3)7-9-19)35(32,33)27-24(22)28-14-10-20(11-15-28)25(30)29-16-12-21(13-17-29)26(31)34-5-2/h6-9,20-24,27H,4-5,10-17H2,1-3H3. The molecule has 3 heterocycles. The van der Waals surface area contributed by atoms with Crippen LogP contribution >= 0.6 is 0 Å². The van der Waals surface area contributed by atoms with Gasteiger partial charge in [0.25, 0.3) is 0 Å². The number of sulfonamides is 1. The Morgan fingerprint density at radius 1 is 0.971 bits per heavy atom. The summed E-state index contributed by atoms with van der Waals surface area (Å²) < 4.78 is 34.4. The van der Waals surface area contributed by atoms with Gasteiger partial charge in [-0.25, -0.2) is 8.42 Å². The van der Waals surface area contributed by atoms with Crippen molar-refractivity contribution in [3.05, 3.63) is 35.4 Å². The molecule has 1 amide bonds. The molecule has 8 nitrogen and oxygen atoms in total. The molecule has 3 aliphatic rings. The van der Waals surface area contributed by atoms with Gasteiger partial charge in [-0.1, -0.05) is 36.8 Å². The number of carbonyl (C=O) groups is 2. The van der Waals surface area contributed by atoms with Crippen LogP contribution in [0, 0.1) is 24.7 Å². The second-order valence-corrected chi connectivity index (χ2v) is 12.0. The Morgan fingerprint density at radius 3 is 2.14 bits per heavy atom. The lowest BCUT2D eigenvalue weighted by Crippen LogP contribution is -2.52. The minimum Gasteiger partial charge on any atom is -0.466 e. The summed E-state index contributed by atoms with van der Waals surface area (Å²) in [6.07, 6.45) is 3.27. The van der Waals surface area contributed by atoms with Crippen molar-refractivity contribution in [2.24, 2.45) is 17.8 Å². The summed E-state index contributed by atoms with van der Waals surface area (Å²) in [6.45, 7) is 8.84. The Bertz CT molecular complexity index is 996. The van der Waals surface area contributed by atoms with E-state index in [1.165, 1.54) is 0 Å². The van der Waals surface area contributed by atoms with E-state index in [2.05, 4.69) is 16.5 Å². The second-order valence-electron chi connectivity index (χ2n) is 10.2. The average molecular weight is 506 g/mol. The van der Waals surface area contributed by atoms with Crippen LogP contribution < -0.4 is 4.72 Å². The van der Waals surface area contributed by atoms with Gasteiger partial charge in [0.1, 0.15) is 5.25 Å². The number of hydrogen-bond acceptors (Lipinski definition) is 6. The number of amides is 1. The molecule has 0 aromatic heterocycles. The minimum absolute atomic E-state index is 0.0446. The number of hydrogen-bond donors (Lipinski definition) is 1. The molecule has 4 rings (SSSR count). The molecule has 3 aliphatic heterocycles. The maximum Gasteiger partial charge on any atom is 0.309 e. The number of nitrogens with one attached hydrogen (secondary N) is 1. The van der Waals surface area contributed by atoms with Crippen LogP contribution in [0.1, 0.15) is 62.3 Å². The van der Waals surface area contributed by atoms with Crippen molar-refractivity contribution in [3.8, 4) is 0 Å². The Morgan fingerprint density at radius 2 is 1.57 bits per heavy atom. The van der Waals surface area contributed by atoms with Crippen LogP contribution in [0.2, 0.25) is 0 Å². The van der Waals surface area contributed by atoms with Gasteiger partial charge >= 0.3 is 5.97 Å². The minimum atomic E-state index is -3.48. The van der Waals surface area contributed by atoms with Gasteiger partial charge in [0.05, 0.1) is 18.7 Å². The smallest absolute Gasteiger partial charge is 0.309 e. The van der Waals surface area contributed by atoms with Crippen LogP contribution in [0.4, 0.5) is 0 Å². The fraction of sp³-hybridized carbons (Fsp3) is 0.692. The number of aryl methyl sites for hydroxylation is 1. The first-order valence-electron chi connectivity index (χ1n) is 13.0. The van der Waals surface area contributed by atoms with Crippen molar-refractivity contribution < 1.29 is 22.7 Å². The number of rotatable bonds is 6. The van der Waals surface area contributed by atoms with E-state index >= 15 is 0 Å². The molecule has 3 saturated heterocycles. The van der Waals surface area contributed by atoms with E-state index < -0.39 is 15.3 Å². The van der Waals surface area contributed by atoms with E-state index in [1.807, 2.05) is 43.0 Å². The SMILES string of the molecule is CCOC(=O)C1CCN(C(=O)C2CCN(C3NS(=O)(=O)C(c4ccc(C)cc4)C3CC)CC2)CC1. The first-order chi connectivity index (χ1) is 16.7. The maximum absolute atomic E-state index is 13.2. The van der Waals surface area contributed by atoms with Gasteiger partial charge < -0.3 is 9.64 Å². The summed E-state index contributed by atoms with van der Waals surface area (Å²) in [5.41, 5.74) is 1.95. The molecule has 0 bridgehead atoms. The largest absolute Gasteiger partial charge is 0.466 e. The molecule has 0 spiro atoms. The number of likely N-dealkylation sites (tertiary alicyclic amines) is 2. The summed E-state index contributed by atoms with van der Waals surface area (Å²) in [4.78, 5) is 29.3. The van der Waals surface area contributed by atoms with Crippen LogP contribution in [0.5, 0.6) is 0 Å². The van der Waals surface area contributed by atoms with Gasteiger partial charge in [0.15, 0.2) is 0 Å². The van der Waals surface area contributed by atoms with E-state index in [-0.39, 0.29) is 35.8 Å². The highest BCUT2D eigenvalue weighted by atomic mass is 32.2. The molecule has 0 aliphatic carbocycles. The van der Waals surface area contributed by atoms with Gasteiger partial charge in [0.2, 0.25) is 15.9 Å². The fourth-order valence-electron chi connectivity index (χ4n) is 5.97. The highest BCUT2D eigenvalue weighted by molar-refractivity contribution is 7.90. The highest BCUT2D eigenvalue weighted by Crippen LogP contribution is 2.42. The van der Waals surface area contributed by atoms with Crippen molar-refractivity contribution >= 4 is 21.9 Å². The Labute approximate surface area is 209 Å². The Kier molecular flexibility index (Phi) is 8.18. The van der Waals surface area contributed by atoms with Gasteiger partial charge in [0, 0.05) is 38.0 Å². The zero-order valence-corrected chi connectivity index (χ0v) is 21.9. The lowest BCUT2D eigenvalue weighted by atomic mass is 9.89. The van der Waals surface area contributed by atoms with Crippen molar-refractivity contribution in [1.82, 2.24) is 14.5 Å². The number of carbonyl (C=O) groups excluding carboxylic acids is 2. The first-order valence-corrected chi connectivity index (χ1v) is 14.6. The third-order valence-corrected chi connectivity index (χ3v) is 9.85. The third kappa shape index (κ3) is 5.57. The number of benzene rings is 1. The predicted molar refractivity (Wildman–Crippen MR) is 134 cm³/mol. The predicted octanol–water partition coefficient (Wildman–Crippen LogP) is 2.84. The summed E-state index contributed by atoms with van der Waals surface area (Å²) in [6, 6.07) is 7.80. The molecule has 1 aromatic carbocycles. The van der Waals surface area contributed by atoms with E-state index in [0.29, 0.717) is 45.6 Å². The van der Waals surface area contributed by atoms with E-state index in [1.54, 1.807) is 0 Å². The molecule has 35 heavy (non-hydrogen) atoms. The van der Waals surface area contributed by atoms with Crippen LogP contribution in [0.25, 0.3) is 0 Å². The maximum atomic E-state index is 13.2. The second kappa shape index (κ2) is 11.0. The molecule has 9 heteroatoms. The van der Waals surface area contributed by atoms with E-state index in [9.17, 15) is 18.0 Å². The lowest BCUT2D eigenvalue weighted by Gasteiger charge is -2.39. The van der Waals surface area contributed by atoms with Crippen LogP contribution in [0.15, 0.2) is 24.3 Å². The molecule has 0 radical (unpaired) electrons. The summed E-state index contributed by atoms with van der Waals surface area (Å²) in [5, 5.41) is -0.557.